The average molecular weight is 359 g/mol. The van der Waals surface area contributed by atoms with E-state index in [0.717, 1.165) is 11.1 Å². The van der Waals surface area contributed by atoms with Gasteiger partial charge in [-0.05, 0) is 42.0 Å². The smallest absolute Gasteiger partial charge is 0.267 e. The Morgan fingerprint density at radius 1 is 1.42 bits per heavy atom. The molecule has 24 heavy (non-hydrogen) atoms. The summed E-state index contributed by atoms with van der Waals surface area (Å²) in [5.74, 6) is -0.432. The molecule has 0 aliphatic carbocycles. The van der Waals surface area contributed by atoms with Crippen LogP contribution in [0.4, 0.5) is 9.52 Å². The second kappa shape index (κ2) is 7.11. The molecule has 1 saturated heterocycles. The third-order valence-electron chi connectivity index (χ3n) is 3.40. The van der Waals surface area contributed by atoms with Crippen LogP contribution in [0.3, 0.4) is 0 Å². The van der Waals surface area contributed by atoms with Crippen molar-refractivity contribution in [3.8, 4) is 0 Å². The van der Waals surface area contributed by atoms with Crippen molar-refractivity contribution in [1.29, 1.82) is 0 Å². The SMILES string of the molecule is C=CCN1C(=O)/C(=C(\C)c2ccc(F)cc2)S/C1=N/c1nccs1. The fraction of sp³-hybridized carbons (Fsp3) is 0.118. The molecule has 3 rings (SSSR count). The first-order chi connectivity index (χ1) is 11.6. The minimum atomic E-state index is -0.304. The molecule has 1 amide bonds. The van der Waals surface area contributed by atoms with Crippen molar-refractivity contribution in [1.82, 2.24) is 9.88 Å². The Labute approximate surface area is 147 Å². The molecule has 0 bridgehead atoms. The monoisotopic (exact) mass is 359 g/mol. The Balaban J connectivity index is 2.00. The molecule has 4 nitrogen and oxygen atoms in total. The molecule has 0 saturated carbocycles. The molecule has 1 aromatic carbocycles. The fourth-order valence-corrected chi connectivity index (χ4v) is 3.81. The van der Waals surface area contributed by atoms with Crippen LogP contribution in [-0.2, 0) is 4.79 Å². The van der Waals surface area contributed by atoms with Gasteiger partial charge in [0.05, 0.1) is 4.91 Å². The lowest BCUT2D eigenvalue weighted by Crippen LogP contribution is -2.29. The topological polar surface area (TPSA) is 45.6 Å². The van der Waals surface area contributed by atoms with Crippen LogP contribution < -0.4 is 0 Å². The quantitative estimate of drug-likeness (QED) is 0.598. The Morgan fingerprint density at radius 3 is 2.79 bits per heavy atom. The summed E-state index contributed by atoms with van der Waals surface area (Å²) in [6.45, 7) is 5.92. The third kappa shape index (κ3) is 3.32. The number of rotatable bonds is 4. The molecule has 1 fully saturated rings. The number of halogens is 1. The van der Waals surface area contributed by atoms with Crippen molar-refractivity contribution in [2.24, 2.45) is 4.99 Å². The van der Waals surface area contributed by atoms with Gasteiger partial charge in [-0.25, -0.2) is 9.37 Å². The lowest BCUT2D eigenvalue weighted by molar-refractivity contribution is -0.121. The number of carbonyl (C=O) groups is 1. The summed E-state index contributed by atoms with van der Waals surface area (Å²) in [5, 5.41) is 3.01. The first-order valence-electron chi connectivity index (χ1n) is 7.15. The highest BCUT2D eigenvalue weighted by molar-refractivity contribution is 8.18. The molecule has 0 spiro atoms. The van der Waals surface area contributed by atoms with Crippen LogP contribution in [0.1, 0.15) is 12.5 Å². The highest BCUT2D eigenvalue weighted by Crippen LogP contribution is 2.37. The molecule has 1 aromatic heterocycles. The Kier molecular flexibility index (Phi) is 4.92. The molecule has 0 atom stereocenters. The number of carbonyl (C=O) groups excluding carboxylic acids is 1. The second-order valence-corrected chi connectivity index (χ2v) is 6.83. The minimum Gasteiger partial charge on any atom is -0.282 e. The molecular weight excluding hydrogens is 345 g/mol. The van der Waals surface area contributed by atoms with Crippen LogP contribution in [0.15, 0.2) is 58.4 Å². The van der Waals surface area contributed by atoms with Crippen molar-refractivity contribution >= 4 is 44.9 Å². The summed E-state index contributed by atoms with van der Waals surface area (Å²) in [4.78, 5) is 23.5. The Hall–Kier alpha value is -2.25. The Morgan fingerprint density at radius 2 is 2.17 bits per heavy atom. The largest absolute Gasteiger partial charge is 0.282 e. The maximum Gasteiger partial charge on any atom is 0.267 e. The second-order valence-electron chi connectivity index (χ2n) is 4.98. The first kappa shape index (κ1) is 16.6. The molecule has 0 radical (unpaired) electrons. The molecular formula is C17H14FN3OS2. The predicted octanol–water partition coefficient (Wildman–Crippen LogP) is 4.46. The van der Waals surface area contributed by atoms with E-state index in [-0.39, 0.29) is 11.7 Å². The number of allylic oxidation sites excluding steroid dienone is 1. The summed E-state index contributed by atoms with van der Waals surface area (Å²) in [7, 11) is 0. The van der Waals surface area contributed by atoms with Crippen molar-refractivity contribution in [3.63, 3.8) is 0 Å². The molecule has 2 aromatic rings. The number of nitrogens with zero attached hydrogens (tertiary/aromatic N) is 3. The van der Waals surface area contributed by atoms with Crippen LogP contribution in [0.2, 0.25) is 0 Å². The van der Waals surface area contributed by atoms with Crippen LogP contribution in [0.25, 0.3) is 5.57 Å². The molecule has 0 unspecified atom stereocenters. The molecule has 1 aliphatic rings. The molecule has 2 heterocycles. The molecule has 1 aliphatic heterocycles. The first-order valence-corrected chi connectivity index (χ1v) is 8.85. The van der Waals surface area contributed by atoms with E-state index < -0.39 is 0 Å². The van der Waals surface area contributed by atoms with E-state index in [4.69, 9.17) is 0 Å². The van der Waals surface area contributed by atoms with Gasteiger partial charge in [-0.3, -0.25) is 9.69 Å². The van der Waals surface area contributed by atoms with Crippen LogP contribution in [0, 0.1) is 5.82 Å². The number of aliphatic imine (C=N–C) groups is 1. The summed E-state index contributed by atoms with van der Waals surface area (Å²) >= 11 is 2.71. The lowest BCUT2D eigenvalue weighted by Gasteiger charge is -2.12. The van der Waals surface area contributed by atoms with Crippen LogP contribution in [-0.4, -0.2) is 27.5 Å². The summed E-state index contributed by atoms with van der Waals surface area (Å²) < 4.78 is 13.1. The molecule has 7 heteroatoms. The highest BCUT2D eigenvalue weighted by Gasteiger charge is 2.34. The van der Waals surface area contributed by atoms with Gasteiger partial charge in [-0.15, -0.1) is 17.9 Å². The van der Waals surface area contributed by atoms with E-state index >= 15 is 0 Å². The lowest BCUT2D eigenvalue weighted by atomic mass is 10.1. The zero-order valence-corrected chi connectivity index (χ0v) is 14.5. The maximum absolute atomic E-state index is 13.1. The summed E-state index contributed by atoms with van der Waals surface area (Å²) in [6.07, 6.45) is 3.33. The number of thioether (sulfide) groups is 1. The zero-order chi connectivity index (χ0) is 17.1. The van der Waals surface area contributed by atoms with Gasteiger partial charge in [-0.1, -0.05) is 18.2 Å². The number of hydrogen-bond donors (Lipinski definition) is 0. The summed E-state index contributed by atoms with van der Waals surface area (Å²) in [5.41, 5.74) is 1.60. The van der Waals surface area contributed by atoms with E-state index in [1.54, 1.807) is 29.3 Å². The van der Waals surface area contributed by atoms with Gasteiger partial charge in [0, 0.05) is 18.1 Å². The average Bonchev–Trinajstić information content (AvgIpc) is 3.19. The number of thiazole rings is 1. The van der Waals surface area contributed by atoms with Gasteiger partial charge < -0.3 is 0 Å². The third-order valence-corrected chi connectivity index (χ3v) is 5.25. The van der Waals surface area contributed by atoms with Crippen molar-refractivity contribution in [3.05, 3.63) is 64.8 Å². The van der Waals surface area contributed by atoms with Crippen LogP contribution in [0.5, 0.6) is 0 Å². The van der Waals surface area contributed by atoms with Crippen LogP contribution >= 0.6 is 23.1 Å². The number of benzene rings is 1. The van der Waals surface area contributed by atoms with Crippen molar-refractivity contribution in [2.45, 2.75) is 6.92 Å². The van der Waals surface area contributed by atoms with Gasteiger partial charge in [-0.2, -0.15) is 4.99 Å². The number of amides is 1. The van der Waals surface area contributed by atoms with Gasteiger partial charge in [0.15, 0.2) is 5.17 Å². The van der Waals surface area contributed by atoms with Gasteiger partial charge in [0.25, 0.3) is 5.91 Å². The van der Waals surface area contributed by atoms with Gasteiger partial charge >= 0.3 is 0 Å². The van der Waals surface area contributed by atoms with Gasteiger partial charge in [0.1, 0.15) is 5.82 Å². The zero-order valence-electron chi connectivity index (χ0n) is 12.9. The van der Waals surface area contributed by atoms with Gasteiger partial charge in [0.2, 0.25) is 5.13 Å². The van der Waals surface area contributed by atoms with E-state index in [1.165, 1.54) is 35.2 Å². The van der Waals surface area contributed by atoms with Crippen molar-refractivity contribution < 1.29 is 9.18 Å². The number of amidine groups is 1. The van der Waals surface area contributed by atoms with Crippen molar-refractivity contribution in [2.75, 3.05) is 6.54 Å². The maximum atomic E-state index is 13.1. The number of aromatic nitrogens is 1. The highest BCUT2D eigenvalue weighted by atomic mass is 32.2. The van der Waals surface area contributed by atoms with E-state index in [9.17, 15) is 9.18 Å². The summed E-state index contributed by atoms with van der Waals surface area (Å²) in [6, 6.07) is 6.10. The molecule has 122 valence electrons. The van der Waals surface area contributed by atoms with E-state index in [2.05, 4.69) is 16.6 Å². The predicted molar refractivity (Wildman–Crippen MR) is 97.7 cm³/mol. The fourth-order valence-electron chi connectivity index (χ4n) is 2.19. The van der Waals surface area contributed by atoms with E-state index in [1.807, 2.05) is 12.3 Å². The van der Waals surface area contributed by atoms with E-state index in [0.29, 0.717) is 21.7 Å². The normalized spacial score (nSPS) is 18.3. The minimum absolute atomic E-state index is 0.128. The standard InChI is InChI=1S/C17H14FN3OS2/c1-3-9-21-15(22)14(11(2)12-4-6-13(18)7-5-12)24-17(21)20-16-19-8-10-23-16/h3-8,10H,1,9H2,2H3/b14-11-,20-17+. The molecule has 0 N–H and O–H groups in total. The number of hydrogen-bond acceptors (Lipinski definition) is 5. The Bertz CT molecular complexity index is 826.